The molecule has 0 unspecified atom stereocenters. The Bertz CT molecular complexity index is 715. The summed E-state index contributed by atoms with van der Waals surface area (Å²) in [6, 6.07) is 9.10. The minimum Gasteiger partial charge on any atom is -0.362 e. The fourth-order valence-corrected chi connectivity index (χ4v) is 2.20. The zero-order chi connectivity index (χ0) is 14.1. The van der Waals surface area contributed by atoms with Gasteiger partial charge in [-0.3, -0.25) is 9.59 Å². The van der Waals surface area contributed by atoms with E-state index in [1.807, 2.05) is 12.1 Å². The number of rotatable bonds is 2. The fraction of sp³-hybridized carbons (Fsp3) is 0.0667. The van der Waals surface area contributed by atoms with E-state index in [1.165, 1.54) is 6.92 Å². The highest BCUT2D eigenvalue weighted by molar-refractivity contribution is 6.35. The van der Waals surface area contributed by atoms with E-state index >= 15 is 0 Å². The molecular weight excluding hydrogens is 254 g/mol. The van der Waals surface area contributed by atoms with Crippen LogP contribution in [0.25, 0.3) is 11.6 Å². The highest BCUT2D eigenvalue weighted by Crippen LogP contribution is 2.34. The molecule has 1 aliphatic heterocycles. The van der Waals surface area contributed by atoms with Crippen LogP contribution >= 0.6 is 0 Å². The first-order valence-electron chi connectivity index (χ1n) is 6.22. The highest BCUT2D eigenvalue weighted by Gasteiger charge is 2.24. The SMILES string of the molecule is CC(=O)Nc1ccc2c(c1)C(=Cc1ccc[nH]1)C(=O)N2. The number of carbonyl (C=O) groups excluding carboxylic acids is 2. The minimum atomic E-state index is -0.144. The monoisotopic (exact) mass is 267 g/mol. The van der Waals surface area contributed by atoms with E-state index in [1.54, 1.807) is 30.5 Å². The normalized spacial score (nSPS) is 15.1. The van der Waals surface area contributed by atoms with Crippen molar-refractivity contribution in [2.75, 3.05) is 10.6 Å². The van der Waals surface area contributed by atoms with Crippen LogP contribution in [0.4, 0.5) is 11.4 Å². The molecule has 0 spiro atoms. The number of anilines is 2. The number of hydrogen-bond acceptors (Lipinski definition) is 2. The summed E-state index contributed by atoms with van der Waals surface area (Å²) in [5.74, 6) is -0.285. The van der Waals surface area contributed by atoms with Crippen molar-refractivity contribution >= 4 is 34.8 Å². The molecule has 0 fully saturated rings. The first-order chi connectivity index (χ1) is 9.63. The van der Waals surface area contributed by atoms with E-state index in [2.05, 4.69) is 15.6 Å². The summed E-state index contributed by atoms with van der Waals surface area (Å²) < 4.78 is 0. The zero-order valence-electron chi connectivity index (χ0n) is 10.9. The molecule has 0 radical (unpaired) electrons. The van der Waals surface area contributed by atoms with Crippen molar-refractivity contribution in [1.29, 1.82) is 0 Å². The van der Waals surface area contributed by atoms with E-state index in [-0.39, 0.29) is 11.8 Å². The van der Waals surface area contributed by atoms with Crippen molar-refractivity contribution in [3.05, 3.63) is 47.8 Å². The summed E-state index contributed by atoms with van der Waals surface area (Å²) in [6.45, 7) is 1.45. The lowest BCUT2D eigenvalue weighted by Crippen LogP contribution is -2.05. The van der Waals surface area contributed by atoms with Crippen LogP contribution in [0.3, 0.4) is 0 Å². The summed E-state index contributed by atoms with van der Waals surface area (Å²) in [5.41, 5.74) is 3.64. The third kappa shape index (κ3) is 2.21. The molecule has 0 saturated heterocycles. The second-order valence-corrected chi connectivity index (χ2v) is 4.58. The lowest BCUT2D eigenvalue weighted by molar-refractivity contribution is -0.114. The van der Waals surface area contributed by atoms with Gasteiger partial charge in [-0.25, -0.2) is 0 Å². The number of H-pyrrole nitrogens is 1. The number of nitrogens with one attached hydrogen (secondary N) is 3. The smallest absolute Gasteiger partial charge is 0.256 e. The molecule has 0 atom stereocenters. The number of aromatic nitrogens is 1. The molecule has 2 aromatic rings. The van der Waals surface area contributed by atoms with Crippen LogP contribution in [0.5, 0.6) is 0 Å². The zero-order valence-corrected chi connectivity index (χ0v) is 10.9. The van der Waals surface area contributed by atoms with Crippen LogP contribution in [-0.2, 0) is 9.59 Å². The van der Waals surface area contributed by atoms with Gasteiger partial charge in [-0.2, -0.15) is 0 Å². The molecule has 100 valence electrons. The van der Waals surface area contributed by atoms with Gasteiger partial charge in [0.2, 0.25) is 5.91 Å². The van der Waals surface area contributed by atoms with E-state index in [0.29, 0.717) is 11.3 Å². The molecule has 2 heterocycles. The van der Waals surface area contributed by atoms with Crippen LogP contribution in [0.2, 0.25) is 0 Å². The predicted molar refractivity (Wildman–Crippen MR) is 78.0 cm³/mol. The molecule has 1 aromatic carbocycles. The number of amides is 2. The third-order valence-electron chi connectivity index (χ3n) is 3.04. The number of carbonyl (C=O) groups is 2. The lowest BCUT2D eigenvalue weighted by Gasteiger charge is -2.04. The minimum absolute atomic E-state index is 0.142. The summed E-state index contributed by atoms with van der Waals surface area (Å²) in [5, 5.41) is 5.52. The van der Waals surface area contributed by atoms with Gasteiger partial charge in [0.1, 0.15) is 0 Å². The van der Waals surface area contributed by atoms with Crippen molar-refractivity contribution in [2.45, 2.75) is 6.92 Å². The van der Waals surface area contributed by atoms with E-state index < -0.39 is 0 Å². The van der Waals surface area contributed by atoms with Gasteiger partial charge in [-0.05, 0) is 36.4 Å². The van der Waals surface area contributed by atoms with Crippen molar-refractivity contribution in [1.82, 2.24) is 4.98 Å². The molecule has 20 heavy (non-hydrogen) atoms. The first kappa shape index (κ1) is 12.2. The molecule has 3 rings (SSSR count). The van der Waals surface area contributed by atoms with Crippen molar-refractivity contribution in [3.63, 3.8) is 0 Å². The molecule has 3 N–H and O–H groups in total. The predicted octanol–water partition coefficient (Wildman–Crippen LogP) is 2.47. The average Bonchev–Trinajstić information content (AvgIpc) is 2.99. The van der Waals surface area contributed by atoms with Crippen LogP contribution in [0.15, 0.2) is 36.5 Å². The van der Waals surface area contributed by atoms with Crippen molar-refractivity contribution in [3.8, 4) is 0 Å². The molecule has 5 heteroatoms. The molecule has 0 saturated carbocycles. The van der Waals surface area contributed by atoms with E-state index in [0.717, 1.165) is 16.9 Å². The standard InChI is InChI=1S/C15H13N3O2/c1-9(19)17-11-4-5-14-12(8-11)13(15(20)18-14)7-10-3-2-6-16-10/h2-8,16H,1H3,(H,17,19)(H,18,20). The van der Waals surface area contributed by atoms with Crippen LogP contribution in [-0.4, -0.2) is 16.8 Å². The Kier molecular flexibility index (Phi) is 2.87. The maximum Gasteiger partial charge on any atom is 0.256 e. The number of fused-ring (bicyclic) bond motifs is 1. The van der Waals surface area contributed by atoms with Gasteiger partial charge in [0.25, 0.3) is 5.91 Å². The highest BCUT2D eigenvalue weighted by atomic mass is 16.2. The van der Waals surface area contributed by atoms with Crippen molar-refractivity contribution in [2.24, 2.45) is 0 Å². The lowest BCUT2D eigenvalue weighted by atomic mass is 10.1. The number of aromatic amines is 1. The first-order valence-corrected chi connectivity index (χ1v) is 6.22. The van der Waals surface area contributed by atoms with Gasteiger partial charge in [-0.1, -0.05) is 0 Å². The van der Waals surface area contributed by atoms with Crippen LogP contribution in [0.1, 0.15) is 18.2 Å². The molecule has 0 aliphatic carbocycles. The summed E-state index contributed by atoms with van der Waals surface area (Å²) in [6.07, 6.45) is 3.59. The van der Waals surface area contributed by atoms with Gasteiger partial charge in [-0.15, -0.1) is 0 Å². The van der Waals surface area contributed by atoms with Gasteiger partial charge < -0.3 is 15.6 Å². The van der Waals surface area contributed by atoms with Gasteiger partial charge in [0.15, 0.2) is 0 Å². The number of hydrogen-bond donors (Lipinski definition) is 3. The Balaban J connectivity index is 2.04. The van der Waals surface area contributed by atoms with E-state index in [4.69, 9.17) is 0 Å². The summed E-state index contributed by atoms with van der Waals surface area (Å²) in [7, 11) is 0. The van der Waals surface area contributed by atoms with E-state index in [9.17, 15) is 9.59 Å². The fourth-order valence-electron chi connectivity index (χ4n) is 2.20. The maximum atomic E-state index is 12.0. The topological polar surface area (TPSA) is 74.0 Å². The third-order valence-corrected chi connectivity index (χ3v) is 3.04. The average molecular weight is 267 g/mol. The second kappa shape index (κ2) is 4.70. The Morgan fingerprint density at radius 3 is 2.85 bits per heavy atom. The maximum absolute atomic E-state index is 12.0. The molecular formula is C15H13N3O2. The largest absolute Gasteiger partial charge is 0.362 e. The van der Waals surface area contributed by atoms with Gasteiger partial charge in [0.05, 0.1) is 5.57 Å². The quantitative estimate of drug-likeness (QED) is 0.731. The second-order valence-electron chi connectivity index (χ2n) is 4.58. The molecule has 0 bridgehead atoms. The Labute approximate surface area is 115 Å². The van der Waals surface area contributed by atoms with Gasteiger partial charge in [0, 0.05) is 35.8 Å². The molecule has 1 aromatic heterocycles. The summed E-state index contributed by atoms with van der Waals surface area (Å²) in [4.78, 5) is 26.1. The summed E-state index contributed by atoms with van der Waals surface area (Å²) >= 11 is 0. The molecule has 5 nitrogen and oxygen atoms in total. The molecule has 1 aliphatic rings. The Morgan fingerprint density at radius 2 is 2.15 bits per heavy atom. The Morgan fingerprint density at radius 1 is 1.30 bits per heavy atom. The van der Waals surface area contributed by atoms with Crippen LogP contribution in [0, 0.1) is 0 Å². The Hall–Kier alpha value is -2.82. The van der Waals surface area contributed by atoms with Crippen LogP contribution < -0.4 is 10.6 Å². The molecule has 2 amide bonds. The number of benzene rings is 1. The van der Waals surface area contributed by atoms with Crippen molar-refractivity contribution < 1.29 is 9.59 Å². The van der Waals surface area contributed by atoms with Gasteiger partial charge >= 0.3 is 0 Å².